The van der Waals surface area contributed by atoms with Gasteiger partial charge in [0, 0.05) is 10.7 Å². The molecule has 0 atom stereocenters. The van der Waals surface area contributed by atoms with Crippen molar-refractivity contribution >= 4 is 52.5 Å². The van der Waals surface area contributed by atoms with Gasteiger partial charge in [0.1, 0.15) is 11.6 Å². The summed E-state index contributed by atoms with van der Waals surface area (Å²) in [4.78, 5) is 12.3. The molecule has 2 rings (SSSR count). The van der Waals surface area contributed by atoms with E-state index in [9.17, 15) is 10.1 Å². The summed E-state index contributed by atoms with van der Waals surface area (Å²) in [6.45, 7) is 1.83. The van der Waals surface area contributed by atoms with Crippen molar-refractivity contribution in [2.45, 2.75) is 6.92 Å². The van der Waals surface area contributed by atoms with E-state index in [0.29, 0.717) is 21.3 Å². The molecule has 0 aliphatic carbocycles. The van der Waals surface area contributed by atoms with E-state index in [0.717, 1.165) is 5.56 Å². The van der Waals surface area contributed by atoms with Crippen LogP contribution in [0.1, 0.15) is 11.1 Å². The smallest absolute Gasteiger partial charge is 0.266 e. The van der Waals surface area contributed by atoms with Crippen LogP contribution >= 0.6 is 34.8 Å². The molecule has 0 radical (unpaired) electrons. The Balaban J connectivity index is 2.32. The number of anilines is 1. The number of aryl methyl sites for hydroxylation is 1. The summed E-state index contributed by atoms with van der Waals surface area (Å²) in [6.07, 6.45) is 1.39. The molecule has 0 saturated heterocycles. The molecule has 6 heteroatoms. The first-order valence-electron chi connectivity index (χ1n) is 6.55. The fraction of sp³-hybridized carbons (Fsp3) is 0.0588. The fourth-order valence-corrected chi connectivity index (χ4v) is 2.39. The molecule has 1 N–H and O–H groups in total. The number of nitriles is 1. The van der Waals surface area contributed by atoms with Crippen molar-refractivity contribution in [1.82, 2.24) is 0 Å². The van der Waals surface area contributed by atoms with Gasteiger partial charge >= 0.3 is 0 Å². The van der Waals surface area contributed by atoms with Gasteiger partial charge in [-0.3, -0.25) is 4.79 Å². The largest absolute Gasteiger partial charge is 0.321 e. The minimum Gasteiger partial charge on any atom is -0.321 e. The lowest BCUT2D eigenvalue weighted by atomic mass is 10.1. The van der Waals surface area contributed by atoms with Crippen molar-refractivity contribution in [3.8, 4) is 6.07 Å². The second kappa shape index (κ2) is 7.52. The lowest BCUT2D eigenvalue weighted by molar-refractivity contribution is -0.112. The Morgan fingerprint density at radius 1 is 1.22 bits per heavy atom. The number of hydrogen-bond acceptors (Lipinski definition) is 2. The number of amides is 1. The maximum atomic E-state index is 12.3. The molecule has 0 aliphatic heterocycles. The van der Waals surface area contributed by atoms with Gasteiger partial charge in [0.15, 0.2) is 0 Å². The average molecular weight is 366 g/mol. The van der Waals surface area contributed by atoms with Crippen molar-refractivity contribution in [3.05, 3.63) is 68.2 Å². The molecule has 3 nitrogen and oxygen atoms in total. The van der Waals surface area contributed by atoms with Crippen LogP contribution in [0.15, 0.2) is 42.0 Å². The van der Waals surface area contributed by atoms with Crippen LogP contribution in [0.25, 0.3) is 6.08 Å². The molecule has 0 spiro atoms. The van der Waals surface area contributed by atoms with Gasteiger partial charge in [-0.1, -0.05) is 53.0 Å². The van der Waals surface area contributed by atoms with E-state index in [4.69, 9.17) is 34.8 Å². The molecule has 1 amide bonds. The van der Waals surface area contributed by atoms with Crippen LogP contribution in [-0.4, -0.2) is 5.91 Å². The Morgan fingerprint density at radius 3 is 2.65 bits per heavy atom. The molecule has 2 aromatic carbocycles. The number of hydrogen-bond donors (Lipinski definition) is 1. The van der Waals surface area contributed by atoms with Gasteiger partial charge in [-0.05, 0) is 42.3 Å². The summed E-state index contributed by atoms with van der Waals surface area (Å²) in [5.41, 5.74) is 1.78. The third kappa shape index (κ3) is 4.27. The van der Waals surface area contributed by atoms with E-state index in [2.05, 4.69) is 5.32 Å². The van der Waals surface area contributed by atoms with Crippen molar-refractivity contribution in [3.63, 3.8) is 0 Å². The van der Waals surface area contributed by atoms with E-state index >= 15 is 0 Å². The average Bonchev–Trinajstić information content (AvgIpc) is 2.52. The van der Waals surface area contributed by atoms with Crippen LogP contribution in [0.3, 0.4) is 0 Å². The van der Waals surface area contributed by atoms with Gasteiger partial charge in [0.05, 0.1) is 10.0 Å². The SMILES string of the molecule is Cc1ccc(Cl)cc1NC(=O)/C(C#N)=C/c1cccc(Cl)c1Cl. The van der Waals surface area contributed by atoms with Crippen molar-refractivity contribution < 1.29 is 4.79 Å². The lowest BCUT2D eigenvalue weighted by Gasteiger charge is -2.08. The van der Waals surface area contributed by atoms with Crippen LogP contribution in [0, 0.1) is 18.3 Å². The highest BCUT2D eigenvalue weighted by molar-refractivity contribution is 6.43. The van der Waals surface area contributed by atoms with Crippen LogP contribution in [-0.2, 0) is 4.79 Å². The van der Waals surface area contributed by atoms with Gasteiger partial charge in [0.25, 0.3) is 5.91 Å². The zero-order valence-electron chi connectivity index (χ0n) is 12.0. The van der Waals surface area contributed by atoms with Crippen LogP contribution in [0.5, 0.6) is 0 Å². The van der Waals surface area contributed by atoms with Crippen molar-refractivity contribution in [1.29, 1.82) is 5.26 Å². The Hall–Kier alpha value is -1.99. The maximum absolute atomic E-state index is 12.3. The second-order valence-corrected chi connectivity index (χ2v) is 5.95. The third-order valence-corrected chi connectivity index (χ3v) is 4.16. The van der Waals surface area contributed by atoms with Crippen LogP contribution in [0.4, 0.5) is 5.69 Å². The zero-order chi connectivity index (χ0) is 17.0. The van der Waals surface area contributed by atoms with E-state index < -0.39 is 5.91 Å². The van der Waals surface area contributed by atoms with Gasteiger partial charge in [-0.2, -0.15) is 5.26 Å². The van der Waals surface area contributed by atoms with Gasteiger partial charge in [-0.25, -0.2) is 0 Å². The number of rotatable bonds is 3. The first kappa shape index (κ1) is 17.4. The summed E-state index contributed by atoms with van der Waals surface area (Å²) in [6, 6.07) is 12.0. The fourth-order valence-electron chi connectivity index (χ4n) is 1.85. The molecular formula is C17H11Cl3N2O. The highest BCUT2D eigenvalue weighted by Crippen LogP contribution is 2.27. The Bertz CT molecular complexity index is 838. The molecule has 2 aromatic rings. The van der Waals surface area contributed by atoms with Crippen LogP contribution in [0.2, 0.25) is 15.1 Å². The number of carbonyl (C=O) groups is 1. The zero-order valence-corrected chi connectivity index (χ0v) is 14.3. The van der Waals surface area contributed by atoms with E-state index in [1.165, 1.54) is 6.08 Å². The molecule has 0 bridgehead atoms. The van der Waals surface area contributed by atoms with E-state index in [-0.39, 0.29) is 10.6 Å². The van der Waals surface area contributed by atoms with Crippen molar-refractivity contribution in [2.75, 3.05) is 5.32 Å². The highest BCUT2D eigenvalue weighted by atomic mass is 35.5. The molecular weight excluding hydrogens is 355 g/mol. The van der Waals surface area contributed by atoms with Gasteiger partial charge in [0.2, 0.25) is 0 Å². The Labute approximate surface area is 149 Å². The maximum Gasteiger partial charge on any atom is 0.266 e. The quantitative estimate of drug-likeness (QED) is 0.576. The summed E-state index contributed by atoms with van der Waals surface area (Å²) in [5, 5.41) is 13.0. The minimum absolute atomic E-state index is 0.0893. The van der Waals surface area contributed by atoms with E-state index in [1.807, 2.05) is 13.0 Å². The van der Waals surface area contributed by atoms with Gasteiger partial charge < -0.3 is 5.32 Å². The Kier molecular flexibility index (Phi) is 5.68. The summed E-state index contributed by atoms with van der Waals surface area (Å²) in [5.74, 6) is -0.547. The normalized spacial score (nSPS) is 11.0. The molecule has 0 saturated carbocycles. The van der Waals surface area contributed by atoms with Gasteiger partial charge in [-0.15, -0.1) is 0 Å². The molecule has 0 aromatic heterocycles. The predicted molar refractivity (Wildman–Crippen MR) is 94.9 cm³/mol. The molecule has 116 valence electrons. The number of benzene rings is 2. The number of nitrogens with zero attached hydrogens (tertiary/aromatic N) is 1. The summed E-state index contributed by atoms with van der Waals surface area (Å²) < 4.78 is 0. The standard InChI is InChI=1S/C17H11Cl3N2O/c1-10-5-6-13(18)8-15(10)22-17(23)12(9-21)7-11-3-2-4-14(19)16(11)20/h2-8H,1H3,(H,22,23)/b12-7+. The summed E-state index contributed by atoms with van der Waals surface area (Å²) >= 11 is 17.9. The Morgan fingerprint density at radius 2 is 1.96 bits per heavy atom. The lowest BCUT2D eigenvalue weighted by Crippen LogP contribution is -2.14. The molecule has 0 aliphatic rings. The summed E-state index contributed by atoms with van der Waals surface area (Å²) in [7, 11) is 0. The molecule has 0 heterocycles. The van der Waals surface area contributed by atoms with E-state index in [1.54, 1.807) is 36.4 Å². The number of carbonyl (C=O) groups excluding carboxylic acids is 1. The molecule has 23 heavy (non-hydrogen) atoms. The third-order valence-electron chi connectivity index (χ3n) is 3.09. The first-order valence-corrected chi connectivity index (χ1v) is 7.69. The number of halogens is 3. The molecule has 0 unspecified atom stereocenters. The first-order chi connectivity index (χ1) is 10.9. The minimum atomic E-state index is -0.547. The molecule has 0 fully saturated rings. The topological polar surface area (TPSA) is 52.9 Å². The van der Waals surface area contributed by atoms with Crippen molar-refractivity contribution in [2.24, 2.45) is 0 Å². The monoisotopic (exact) mass is 364 g/mol. The predicted octanol–water partition coefficient (Wildman–Crippen LogP) is 5.50. The van der Waals surface area contributed by atoms with Crippen LogP contribution < -0.4 is 5.32 Å². The second-order valence-electron chi connectivity index (χ2n) is 4.73. The number of nitrogens with one attached hydrogen (secondary N) is 1. The highest BCUT2D eigenvalue weighted by Gasteiger charge is 2.12.